The highest BCUT2D eigenvalue weighted by Gasteiger charge is 2.25. The Bertz CT molecular complexity index is 2170. The number of rotatable bonds is 16. The van der Waals surface area contributed by atoms with Crippen LogP contribution in [-0.2, 0) is 45.1 Å². The molecule has 0 fully saturated rings. The number of hydrogen-bond acceptors (Lipinski definition) is 7. The lowest BCUT2D eigenvalue weighted by Crippen LogP contribution is -2.45. The summed E-state index contributed by atoms with van der Waals surface area (Å²) in [4.78, 5) is 40.1. The second kappa shape index (κ2) is 24.7. The summed E-state index contributed by atoms with van der Waals surface area (Å²) in [6.07, 6.45) is 0.614. The van der Waals surface area contributed by atoms with Gasteiger partial charge in [0, 0.05) is 33.4 Å². The number of alkyl carbamates (subject to hydrolysis) is 1. The molecule has 0 bridgehead atoms. The van der Waals surface area contributed by atoms with Gasteiger partial charge in [0.1, 0.15) is 5.60 Å². The smallest absolute Gasteiger partial charge is 0.408 e. The Morgan fingerprint density at radius 2 is 0.983 bits per heavy atom. The van der Waals surface area contributed by atoms with Crippen LogP contribution in [-0.4, -0.2) is 35.5 Å². The Balaban J connectivity index is 0.000000267. The van der Waals surface area contributed by atoms with E-state index in [1.54, 1.807) is 44.3 Å². The van der Waals surface area contributed by atoms with Crippen molar-refractivity contribution >= 4 is 59.4 Å². The average Bonchev–Trinajstić information content (AvgIpc) is 3.24. The fourth-order valence-electron chi connectivity index (χ4n) is 5.88. The molecule has 4 N–H and O–H groups in total. The number of ketones is 1. The lowest BCUT2D eigenvalue weighted by atomic mass is 9.98. The molecule has 0 heterocycles. The van der Waals surface area contributed by atoms with Gasteiger partial charge in [-0.25, -0.2) is 4.79 Å². The highest BCUT2D eigenvalue weighted by atomic mass is 35.5. The van der Waals surface area contributed by atoms with Crippen molar-refractivity contribution in [1.82, 2.24) is 5.32 Å². The molecule has 10 heteroatoms. The van der Waals surface area contributed by atoms with Gasteiger partial charge < -0.3 is 21.1 Å². The van der Waals surface area contributed by atoms with Gasteiger partial charge in [-0.15, -0.1) is 35.9 Å². The lowest BCUT2D eigenvalue weighted by Gasteiger charge is -2.23. The van der Waals surface area contributed by atoms with Crippen molar-refractivity contribution in [1.29, 1.82) is 0 Å². The second-order valence-electron chi connectivity index (χ2n) is 15.0. The van der Waals surface area contributed by atoms with E-state index in [-0.39, 0.29) is 30.5 Å². The molecule has 0 aromatic heterocycles. The van der Waals surface area contributed by atoms with Crippen LogP contribution in [0.3, 0.4) is 0 Å². The summed E-state index contributed by atoms with van der Waals surface area (Å²) in [5.41, 5.74) is 11.7. The number of benzene rings is 6. The standard InChI is InChI=1S/C28H31NO3S.C22H22N2OS.ClH/c1-28(2,3)32-27(31)29-25(18-21-10-6-4-7-11-21)26(30)19-22-14-16-24(17-15-22)33-20-23-12-8-5-9-13-23;23-21(15-17-7-3-1-4-8-17)22(25)24-19-11-13-20(14-12-19)26-16-18-9-5-2-6-10-18;/h4-17,25H,18-20H2,1-3H3,(H,29,31);1-14,21H,15-16,23H2,(H,24,25);1H/t25-;21-;/m00./s1. The van der Waals surface area contributed by atoms with Gasteiger partial charge in [0.15, 0.2) is 5.78 Å². The Morgan fingerprint density at radius 3 is 1.43 bits per heavy atom. The maximum atomic E-state index is 13.1. The lowest BCUT2D eigenvalue weighted by molar-refractivity contribution is -0.120. The Morgan fingerprint density at radius 1 is 0.567 bits per heavy atom. The zero-order valence-electron chi connectivity index (χ0n) is 34.3. The van der Waals surface area contributed by atoms with Crippen molar-refractivity contribution < 1.29 is 19.1 Å². The highest BCUT2D eigenvalue weighted by Crippen LogP contribution is 2.25. The zero-order valence-corrected chi connectivity index (χ0v) is 36.7. The Labute approximate surface area is 369 Å². The first kappa shape index (κ1) is 47.4. The van der Waals surface area contributed by atoms with Crippen LogP contribution in [0.25, 0.3) is 0 Å². The molecule has 6 aromatic rings. The summed E-state index contributed by atoms with van der Waals surface area (Å²) >= 11 is 3.54. The van der Waals surface area contributed by atoms with E-state index in [1.165, 1.54) is 16.0 Å². The van der Waals surface area contributed by atoms with Crippen LogP contribution in [0.15, 0.2) is 180 Å². The molecule has 60 heavy (non-hydrogen) atoms. The topological polar surface area (TPSA) is 111 Å². The number of amides is 2. The van der Waals surface area contributed by atoms with E-state index in [0.29, 0.717) is 12.8 Å². The molecule has 2 atom stereocenters. The third-order valence-corrected chi connectivity index (χ3v) is 11.1. The number of nitrogens with two attached hydrogens (primary N) is 1. The monoisotopic (exact) mass is 859 g/mol. The quantitative estimate of drug-likeness (QED) is 0.0831. The number of Topliss-reactive ketones (excluding diaryl/α,β-unsaturated/α-hetero) is 1. The van der Waals surface area contributed by atoms with E-state index in [2.05, 4.69) is 34.9 Å². The van der Waals surface area contributed by atoms with E-state index >= 15 is 0 Å². The number of ether oxygens (including phenoxy) is 1. The normalized spacial score (nSPS) is 11.7. The van der Waals surface area contributed by atoms with Crippen molar-refractivity contribution in [3.8, 4) is 0 Å². The summed E-state index contributed by atoms with van der Waals surface area (Å²) in [5, 5.41) is 5.67. The number of halogens is 1. The van der Waals surface area contributed by atoms with E-state index in [1.807, 2.05) is 146 Å². The summed E-state index contributed by atoms with van der Waals surface area (Å²) in [6.45, 7) is 5.41. The molecule has 0 saturated carbocycles. The van der Waals surface area contributed by atoms with Crippen LogP contribution in [0.2, 0.25) is 0 Å². The second-order valence-corrected chi connectivity index (χ2v) is 17.1. The number of carbonyl (C=O) groups excluding carboxylic acids is 3. The Kier molecular flexibility index (Phi) is 19.5. The summed E-state index contributed by atoms with van der Waals surface area (Å²) in [6, 6.07) is 54.9. The molecule has 6 aromatic carbocycles. The molecule has 0 spiro atoms. The van der Waals surface area contributed by atoms with Gasteiger partial charge >= 0.3 is 6.09 Å². The first-order valence-electron chi connectivity index (χ1n) is 19.7. The predicted molar refractivity (Wildman–Crippen MR) is 251 cm³/mol. The number of thioether (sulfide) groups is 2. The van der Waals surface area contributed by atoms with E-state index in [4.69, 9.17) is 10.5 Å². The molecule has 2 amide bonds. The fraction of sp³-hybridized carbons (Fsp3) is 0.220. The van der Waals surface area contributed by atoms with Crippen LogP contribution in [0.5, 0.6) is 0 Å². The minimum absolute atomic E-state index is 0. The molecule has 0 aliphatic rings. The van der Waals surface area contributed by atoms with Crippen LogP contribution < -0.4 is 16.4 Å². The molecule has 6 rings (SSSR count). The molecule has 0 aliphatic carbocycles. The van der Waals surface area contributed by atoms with Gasteiger partial charge in [-0.05, 0) is 97.8 Å². The molecule has 0 saturated heterocycles. The summed E-state index contributed by atoms with van der Waals surface area (Å²) in [5.74, 6) is 1.61. The van der Waals surface area contributed by atoms with Gasteiger partial charge in [0.25, 0.3) is 0 Å². The van der Waals surface area contributed by atoms with Gasteiger partial charge in [-0.1, -0.05) is 133 Å². The first-order valence-corrected chi connectivity index (χ1v) is 21.7. The van der Waals surface area contributed by atoms with Gasteiger partial charge in [0.05, 0.1) is 12.1 Å². The predicted octanol–water partition coefficient (Wildman–Crippen LogP) is 11.1. The molecule has 0 aliphatic heterocycles. The number of anilines is 1. The first-order chi connectivity index (χ1) is 28.5. The largest absolute Gasteiger partial charge is 0.444 e. The van der Waals surface area contributed by atoms with Crippen LogP contribution in [0.1, 0.15) is 48.6 Å². The van der Waals surface area contributed by atoms with Crippen LogP contribution >= 0.6 is 35.9 Å². The van der Waals surface area contributed by atoms with E-state index in [0.717, 1.165) is 38.8 Å². The SMILES string of the molecule is CC(C)(C)OC(=O)N[C@@H](Cc1ccccc1)C(=O)Cc1ccc(SCc2ccccc2)cc1.Cl.N[C@@H](Cc1ccccc1)C(=O)Nc1ccc(SCc2ccccc2)cc1. The van der Waals surface area contributed by atoms with Gasteiger partial charge in [-0.2, -0.15) is 0 Å². The van der Waals surface area contributed by atoms with Crippen molar-refractivity contribution in [2.45, 2.75) is 79.0 Å². The molecule has 312 valence electrons. The number of hydrogen-bond donors (Lipinski definition) is 3. The molecular formula is C50H54ClN3O4S2. The van der Waals surface area contributed by atoms with E-state index < -0.39 is 23.8 Å². The van der Waals surface area contributed by atoms with Crippen molar-refractivity contribution in [2.24, 2.45) is 5.73 Å². The van der Waals surface area contributed by atoms with Crippen molar-refractivity contribution in [3.63, 3.8) is 0 Å². The van der Waals surface area contributed by atoms with Crippen LogP contribution in [0, 0.1) is 0 Å². The summed E-state index contributed by atoms with van der Waals surface area (Å²) < 4.78 is 5.38. The Hall–Kier alpha value is -5.32. The number of nitrogens with one attached hydrogen (secondary N) is 2. The van der Waals surface area contributed by atoms with E-state index in [9.17, 15) is 14.4 Å². The maximum Gasteiger partial charge on any atom is 0.408 e. The van der Waals surface area contributed by atoms with Crippen LogP contribution in [0.4, 0.5) is 10.5 Å². The average molecular weight is 861 g/mol. The molecule has 0 radical (unpaired) electrons. The molecular weight excluding hydrogens is 806 g/mol. The molecule has 0 unspecified atom stereocenters. The fourth-order valence-corrected chi connectivity index (χ4v) is 7.59. The molecule has 7 nitrogen and oxygen atoms in total. The third-order valence-electron chi connectivity index (χ3n) is 8.92. The maximum absolute atomic E-state index is 13.1. The van der Waals surface area contributed by atoms with Crippen molar-refractivity contribution in [3.05, 3.63) is 198 Å². The zero-order chi connectivity index (χ0) is 41.9. The minimum atomic E-state index is -0.658. The van der Waals surface area contributed by atoms with Gasteiger partial charge in [-0.3, -0.25) is 9.59 Å². The minimum Gasteiger partial charge on any atom is -0.444 e. The highest BCUT2D eigenvalue weighted by molar-refractivity contribution is 7.98. The summed E-state index contributed by atoms with van der Waals surface area (Å²) in [7, 11) is 0. The van der Waals surface area contributed by atoms with Gasteiger partial charge in [0.2, 0.25) is 5.91 Å². The number of carbonyl (C=O) groups is 3. The third kappa shape index (κ3) is 17.5. The van der Waals surface area contributed by atoms with Crippen molar-refractivity contribution in [2.75, 3.05) is 5.32 Å².